The highest BCUT2D eigenvalue weighted by atomic mass is 79.9. The van der Waals surface area contributed by atoms with E-state index in [1.54, 1.807) is 18.4 Å². The topological polar surface area (TPSA) is 56.2 Å². The van der Waals surface area contributed by atoms with Gasteiger partial charge in [-0.2, -0.15) is 0 Å². The SMILES string of the molecule is CN1C(=N)N[C@](C)(c2cc(Br)c3sccc3c2)CC1=O. The Kier molecular flexibility index (Phi) is 3.10. The van der Waals surface area contributed by atoms with Crippen LogP contribution in [0, 0.1) is 5.41 Å². The number of carbonyl (C=O) groups excluding carboxylic acids is 1. The summed E-state index contributed by atoms with van der Waals surface area (Å²) in [7, 11) is 1.62. The van der Waals surface area contributed by atoms with Crippen LogP contribution in [0.1, 0.15) is 18.9 Å². The standard InChI is InChI=1S/C14H14BrN3OS/c1-14(7-11(19)18(2)13(16)17-14)9-5-8-3-4-20-12(8)10(15)6-9/h3-6H,7H2,1-2H3,(H2,16,17)/t14-/m0/s1. The molecule has 0 radical (unpaired) electrons. The molecule has 3 rings (SSSR count). The molecule has 0 unspecified atom stereocenters. The number of guanidine groups is 1. The smallest absolute Gasteiger partial charge is 0.231 e. The quantitative estimate of drug-likeness (QED) is 0.828. The molecule has 0 bridgehead atoms. The summed E-state index contributed by atoms with van der Waals surface area (Å²) in [6.07, 6.45) is 0.341. The van der Waals surface area contributed by atoms with Crippen LogP contribution < -0.4 is 5.32 Å². The number of amides is 1. The third-order valence-electron chi connectivity index (χ3n) is 3.75. The van der Waals surface area contributed by atoms with E-state index >= 15 is 0 Å². The van der Waals surface area contributed by atoms with Gasteiger partial charge < -0.3 is 5.32 Å². The summed E-state index contributed by atoms with van der Waals surface area (Å²) in [5, 5.41) is 14.3. The minimum atomic E-state index is -0.542. The largest absolute Gasteiger partial charge is 0.346 e. The first-order chi connectivity index (χ1) is 9.40. The Bertz CT molecular complexity index is 706. The molecule has 2 aromatic rings. The van der Waals surface area contributed by atoms with Gasteiger partial charge in [-0.25, -0.2) is 0 Å². The zero-order valence-electron chi connectivity index (χ0n) is 11.2. The second-order valence-corrected chi connectivity index (χ2v) is 7.00. The molecule has 0 saturated carbocycles. The van der Waals surface area contributed by atoms with Crippen molar-refractivity contribution in [3.63, 3.8) is 0 Å². The van der Waals surface area contributed by atoms with Crippen molar-refractivity contribution in [2.24, 2.45) is 0 Å². The minimum Gasteiger partial charge on any atom is -0.346 e. The average molecular weight is 352 g/mol. The number of nitrogens with one attached hydrogen (secondary N) is 2. The molecule has 1 saturated heterocycles. The maximum Gasteiger partial charge on any atom is 0.231 e. The predicted octanol–water partition coefficient (Wildman–Crippen LogP) is 3.27. The second kappa shape index (κ2) is 4.56. The van der Waals surface area contributed by atoms with Crippen molar-refractivity contribution < 1.29 is 4.79 Å². The van der Waals surface area contributed by atoms with E-state index in [4.69, 9.17) is 5.41 Å². The number of fused-ring (bicyclic) bond motifs is 1. The molecule has 1 aromatic heterocycles. The fourth-order valence-electron chi connectivity index (χ4n) is 2.47. The fraction of sp³-hybridized carbons (Fsp3) is 0.286. The molecule has 1 amide bonds. The van der Waals surface area contributed by atoms with E-state index in [0.29, 0.717) is 6.42 Å². The molecule has 1 aromatic carbocycles. The number of carbonyl (C=O) groups is 1. The Morgan fingerprint density at radius 3 is 2.95 bits per heavy atom. The third kappa shape index (κ3) is 2.03. The van der Waals surface area contributed by atoms with Crippen LogP contribution in [0.5, 0.6) is 0 Å². The van der Waals surface area contributed by atoms with E-state index in [-0.39, 0.29) is 11.9 Å². The first-order valence-corrected chi connectivity index (χ1v) is 7.88. The molecule has 1 atom stereocenters. The van der Waals surface area contributed by atoms with Gasteiger partial charge in [-0.15, -0.1) is 11.3 Å². The molecular weight excluding hydrogens is 338 g/mol. The lowest BCUT2D eigenvalue weighted by Crippen LogP contribution is -2.58. The predicted molar refractivity (Wildman–Crippen MR) is 85.1 cm³/mol. The molecule has 0 spiro atoms. The Labute approximate surface area is 129 Å². The van der Waals surface area contributed by atoms with Gasteiger partial charge in [0.2, 0.25) is 5.91 Å². The Hall–Kier alpha value is -1.40. The van der Waals surface area contributed by atoms with Gasteiger partial charge in [0.25, 0.3) is 0 Å². The van der Waals surface area contributed by atoms with Crippen molar-refractivity contribution >= 4 is 49.2 Å². The molecule has 6 heteroatoms. The molecule has 4 nitrogen and oxygen atoms in total. The molecule has 20 heavy (non-hydrogen) atoms. The second-order valence-electron chi connectivity index (χ2n) is 5.23. The van der Waals surface area contributed by atoms with Crippen LogP contribution >= 0.6 is 27.3 Å². The van der Waals surface area contributed by atoms with Gasteiger partial charge in [0, 0.05) is 16.2 Å². The summed E-state index contributed by atoms with van der Waals surface area (Å²) in [4.78, 5) is 13.4. The molecule has 0 aliphatic carbocycles. The van der Waals surface area contributed by atoms with E-state index in [0.717, 1.165) is 15.4 Å². The molecule has 2 heterocycles. The highest BCUT2D eigenvalue weighted by Gasteiger charge is 2.38. The monoisotopic (exact) mass is 351 g/mol. The zero-order chi connectivity index (χ0) is 14.5. The van der Waals surface area contributed by atoms with Crippen LogP contribution in [-0.2, 0) is 10.3 Å². The lowest BCUT2D eigenvalue weighted by atomic mass is 9.86. The van der Waals surface area contributed by atoms with Crippen LogP contribution in [-0.4, -0.2) is 23.8 Å². The molecular formula is C14H14BrN3OS. The molecule has 2 N–H and O–H groups in total. The maximum absolute atomic E-state index is 12.0. The van der Waals surface area contributed by atoms with Gasteiger partial charge in [0.15, 0.2) is 5.96 Å². The minimum absolute atomic E-state index is 0.0437. The van der Waals surface area contributed by atoms with Crippen molar-refractivity contribution in [1.82, 2.24) is 10.2 Å². The summed E-state index contributed by atoms with van der Waals surface area (Å²) in [6, 6.07) is 6.20. The lowest BCUT2D eigenvalue weighted by Gasteiger charge is -2.39. The normalized spacial score (nSPS) is 23.2. The highest BCUT2D eigenvalue weighted by Crippen LogP contribution is 2.36. The molecule has 104 valence electrons. The van der Waals surface area contributed by atoms with Crippen molar-refractivity contribution in [3.8, 4) is 0 Å². The van der Waals surface area contributed by atoms with E-state index in [2.05, 4.69) is 38.8 Å². The summed E-state index contributed by atoms with van der Waals surface area (Å²) in [6.45, 7) is 1.96. The average Bonchev–Trinajstić information content (AvgIpc) is 2.84. The van der Waals surface area contributed by atoms with E-state index in [1.165, 1.54) is 9.60 Å². The summed E-state index contributed by atoms with van der Waals surface area (Å²) in [5.74, 6) is 0.100. The van der Waals surface area contributed by atoms with Gasteiger partial charge in [-0.3, -0.25) is 15.1 Å². The molecule has 1 fully saturated rings. The van der Waals surface area contributed by atoms with E-state index < -0.39 is 5.54 Å². The Balaban J connectivity index is 2.09. The van der Waals surface area contributed by atoms with Crippen LogP contribution in [0.3, 0.4) is 0 Å². The van der Waals surface area contributed by atoms with Crippen molar-refractivity contribution in [3.05, 3.63) is 33.6 Å². The van der Waals surface area contributed by atoms with Gasteiger partial charge in [-0.1, -0.05) is 0 Å². The summed E-state index contributed by atoms with van der Waals surface area (Å²) >= 11 is 5.28. The number of hydrogen-bond donors (Lipinski definition) is 2. The van der Waals surface area contributed by atoms with Gasteiger partial charge >= 0.3 is 0 Å². The van der Waals surface area contributed by atoms with E-state index in [1.807, 2.05) is 13.0 Å². The van der Waals surface area contributed by atoms with Gasteiger partial charge in [0.05, 0.1) is 12.0 Å². The van der Waals surface area contributed by atoms with Crippen molar-refractivity contribution in [2.45, 2.75) is 18.9 Å². The van der Waals surface area contributed by atoms with Crippen LogP contribution in [0.15, 0.2) is 28.1 Å². The van der Waals surface area contributed by atoms with Crippen molar-refractivity contribution in [1.29, 1.82) is 5.41 Å². The van der Waals surface area contributed by atoms with E-state index in [9.17, 15) is 4.79 Å². The Morgan fingerprint density at radius 2 is 2.25 bits per heavy atom. The highest BCUT2D eigenvalue weighted by molar-refractivity contribution is 9.10. The molecule has 1 aliphatic heterocycles. The summed E-state index contributed by atoms with van der Waals surface area (Å²) < 4.78 is 2.23. The number of halogens is 1. The van der Waals surface area contributed by atoms with Crippen LogP contribution in [0.2, 0.25) is 0 Å². The summed E-state index contributed by atoms with van der Waals surface area (Å²) in [5.41, 5.74) is 0.473. The number of rotatable bonds is 1. The van der Waals surface area contributed by atoms with Crippen LogP contribution in [0.25, 0.3) is 10.1 Å². The lowest BCUT2D eigenvalue weighted by molar-refractivity contribution is -0.129. The first-order valence-electron chi connectivity index (χ1n) is 6.21. The first kappa shape index (κ1) is 13.6. The van der Waals surface area contributed by atoms with Gasteiger partial charge in [-0.05, 0) is 57.4 Å². The van der Waals surface area contributed by atoms with Gasteiger partial charge in [0.1, 0.15) is 0 Å². The van der Waals surface area contributed by atoms with Crippen LogP contribution in [0.4, 0.5) is 0 Å². The third-order valence-corrected chi connectivity index (χ3v) is 5.60. The maximum atomic E-state index is 12.0. The number of nitrogens with zero attached hydrogens (tertiary/aromatic N) is 1. The zero-order valence-corrected chi connectivity index (χ0v) is 13.6. The Morgan fingerprint density at radius 1 is 1.50 bits per heavy atom. The fourth-order valence-corrected chi connectivity index (χ4v) is 4.01. The van der Waals surface area contributed by atoms with Crippen molar-refractivity contribution in [2.75, 3.05) is 7.05 Å². The number of benzene rings is 1. The number of hydrogen-bond acceptors (Lipinski definition) is 3. The molecule has 1 aliphatic rings. The number of thiophene rings is 1.